The Hall–Kier alpha value is 0. The van der Waals surface area contributed by atoms with Crippen LogP contribution in [0.15, 0.2) is 0 Å². The highest BCUT2D eigenvalue weighted by atomic mass is 14.3. The lowest BCUT2D eigenvalue weighted by molar-refractivity contribution is 0.215. The van der Waals surface area contributed by atoms with Gasteiger partial charge in [0.25, 0.3) is 0 Å². The average Bonchev–Trinajstić information content (AvgIpc) is 2.09. The predicted octanol–water partition coefficient (Wildman–Crippen LogP) is 6.36. The van der Waals surface area contributed by atoms with Crippen molar-refractivity contribution >= 4 is 0 Å². The quantitative estimate of drug-likeness (QED) is 0.495. The van der Waals surface area contributed by atoms with Gasteiger partial charge in [-0.2, -0.15) is 0 Å². The molecule has 18 heavy (non-hydrogen) atoms. The summed E-state index contributed by atoms with van der Waals surface area (Å²) in [6, 6.07) is 0. The molecule has 0 saturated carbocycles. The van der Waals surface area contributed by atoms with E-state index in [9.17, 15) is 0 Å². The van der Waals surface area contributed by atoms with Crippen molar-refractivity contribution in [2.75, 3.05) is 0 Å². The molecule has 0 aromatic heterocycles. The van der Waals surface area contributed by atoms with E-state index in [1.165, 1.54) is 19.3 Å². The highest BCUT2D eigenvalue weighted by Crippen LogP contribution is 2.38. The SMILES string of the molecule is C[C](CC(C)C)C(CC(C)C)C(C)CC(C)(C)C. The maximum absolute atomic E-state index is 2.46. The van der Waals surface area contributed by atoms with Crippen molar-refractivity contribution in [2.24, 2.45) is 29.1 Å². The molecule has 1 radical (unpaired) electrons. The van der Waals surface area contributed by atoms with Gasteiger partial charge in [0.1, 0.15) is 0 Å². The first-order valence-electron chi connectivity index (χ1n) is 7.85. The molecule has 0 N–H and O–H groups in total. The van der Waals surface area contributed by atoms with Gasteiger partial charge in [0.2, 0.25) is 0 Å². The van der Waals surface area contributed by atoms with E-state index in [0.717, 1.165) is 23.7 Å². The van der Waals surface area contributed by atoms with Crippen LogP contribution in [0.3, 0.4) is 0 Å². The average molecular weight is 253 g/mol. The fourth-order valence-electron chi connectivity index (χ4n) is 3.33. The van der Waals surface area contributed by atoms with Crippen LogP contribution >= 0.6 is 0 Å². The zero-order valence-electron chi connectivity index (χ0n) is 14.4. The molecule has 0 fully saturated rings. The van der Waals surface area contributed by atoms with E-state index < -0.39 is 0 Å². The van der Waals surface area contributed by atoms with Crippen molar-refractivity contribution in [3.63, 3.8) is 0 Å². The smallest absolute Gasteiger partial charge is 0.0236 e. The third kappa shape index (κ3) is 8.16. The fraction of sp³-hybridized carbons (Fsp3) is 0.944. The molecule has 0 heteroatoms. The highest BCUT2D eigenvalue weighted by Gasteiger charge is 2.28. The Kier molecular flexibility index (Phi) is 7.56. The standard InChI is InChI=1S/C18H37/c1-13(2)10-15(5)17(11-14(3)4)16(6)12-18(7,8)9/h13-14,16-17H,10-12H2,1-9H3. The molecule has 0 aliphatic rings. The molecule has 0 aromatic rings. The van der Waals surface area contributed by atoms with E-state index >= 15 is 0 Å². The lowest BCUT2D eigenvalue weighted by atomic mass is 9.70. The van der Waals surface area contributed by atoms with Crippen molar-refractivity contribution in [1.82, 2.24) is 0 Å². The Bertz CT molecular complexity index is 207. The van der Waals surface area contributed by atoms with Crippen LogP contribution in [-0.2, 0) is 0 Å². The summed E-state index contributed by atoms with van der Waals surface area (Å²) in [7, 11) is 0. The molecule has 0 heterocycles. The summed E-state index contributed by atoms with van der Waals surface area (Å²) in [4.78, 5) is 0. The minimum Gasteiger partial charge on any atom is -0.0628 e. The van der Waals surface area contributed by atoms with Crippen LogP contribution in [0, 0.1) is 35.0 Å². The topological polar surface area (TPSA) is 0 Å². The van der Waals surface area contributed by atoms with Crippen LogP contribution < -0.4 is 0 Å². The van der Waals surface area contributed by atoms with Crippen LogP contribution in [-0.4, -0.2) is 0 Å². The van der Waals surface area contributed by atoms with Gasteiger partial charge in [0.15, 0.2) is 0 Å². The third-order valence-electron chi connectivity index (χ3n) is 3.71. The summed E-state index contributed by atoms with van der Waals surface area (Å²) in [5.41, 5.74) is 0.451. The zero-order chi connectivity index (χ0) is 14.5. The molecule has 0 aromatic carbocycles. The Morgan fingerprint density at radius 2 is 1.39 bits per heavy atom. The summed E-state index contributed by atoms with van der Waals surface area (Å²) in [6.07, 6.45) is 3.99. The van der Waals surface area contributed by atoms with Crippen molar-refractivity contribution in [3.8, 4) is 0 Å². The molecule has 0 aliphatic carbocycles. The fourth-order valence-corrected chi connectivity index (χ4v) is 3.33. The van der Waals surface area contributed by atoms with E-state index in [1.807, 2.05) is 0 Å². The van der Waals surface area contributed by atoms with Gasteiger partial charge in [0, 0.05) is 0 Å². The molecule has 2 atom stereocenters. The van der Waals surface area contributed by atoms with Gasteiger partial charge in [-0.1, -0.05) is 62.3 Å². The molecule has 2 unspecified atom stereocenters. The van der Waals surface area contributed by atoms with Gasteiger partial charge >= 0.3 is 0 Å². The monoisotopic (exact) mass is 253 g/mol. The van der Waals surface area contributed by atoms with Crippen LogP contribution in [0.1, 0.15) is 81.6 Å². The largest absolute Gasteiger partial charge is 0.0628 e. The van der Waals surface area contributed by atoms with Gasteiger partial charge in [0.05, 0.1) is 0 Å². The van der Waals surface area contributed by atoms with Gasteiger partial charge in [-0.3, -0.25) is 0 Å². The molecule has 0 spiro atoms. The maximum atomic E-state index is 2.46. The first kappa shape index (κ1) is 18.0. The van der Waals surface area contributed by atoms with Gasteiger partial charge in [-0.15, -0.1) is 0 Å². The molecular weight excluding hydrogens is 216 g/mol. The summed E-state index contributed by atoms with van der Waals surface area (Å²) >= 11 is 0. The molecule has 0 bridgehead atoms. The predicted molar refractivity (Wildman–Crippen MR) is 84.6 cm³/mol. The van der Waals surface area contributed by atoms with Crippen molar-refractivity contribution in [2.45, 2.75) is 81.6 Å². The van der Waals surface area contributed by atoms with E-state index in [-0.39, 0.29) is 0 Å². The Balaban J connectivity index is 4.65. The van der Waals surface area contributed by atoms with E-state index in [0.29, 0.717) is 5.41 Å². The second kappa shape index (κ2) is 7.56. The number of rotatable bonds is 7. The molecule has 0 amide bonds. The van der Waals surface area contributed by atoms with Crippen LogP contribution in [0.25, 0.3) is 0 Å². The lowest BCUT2D eigenvalue weighted by Crippen LogP contribution is -2.25. The summed E-state index contributed by atoms with van der Waals surface area (Å²) in [6.45, 7) is 21.4. The third-order valence-corrected chi connectivity index (χ3v) is 3.71. The zero-order valence-corrected chi connectivity index (χ0v) is 14.4. The van der Waals surface area contributed by atoms with Gasteiger partial charge < -0.3 is 0 Å². The Morgan fingerprint density at radius 1 is 0.889 bits per heavy atom. The van der Waals surface area contributed by atoms with E-state index in [2.05, 4.69) is 62.3 Å². The first-order valence-corrected chi connectivity index (χ1v) is 7.85. The van der Waals surface area contributed by atoms with Crippen molar-refractivity contribution < 1.29 is 0 Å². The minimum atomic E-state index is 0.451. The van der Waals surface area contributed by atoms with Crippen molar-refractivity contribution in [1.29, 1.82) is 0 Å². The van der Waals surface area contributed by atoms with Crippen LogP contribution in [0.4, 0.5) is 0 Å². The molecule has 0 saturated heterocycles. The molecule has 109 valence electrons. The van der Waals surface area contributed by atoms with Crippen LogP contribution in [0.2, 0.25) is 0 Å². The highest BCUT2D eigenvalue weighted by molar-refractivity contribution is 4.96. The van der Waals surface area contributed by atoms with E-state index in [1.54, 1.807) is 5.92 Å². The minimum absolute atomic E-state index is 0.451. The number of hydrogen-bond donors (Lipinski definition) is 0. The molecule has 0 aliphatic heterocycles. The summed E-state index contributed by atoms with van der Waals surface area (Å²) in [5, 5.41) is 0. The molecular formula is C18H37. The van der Waals surface area contributed by atoms with Crippen molar-refractivity contribution in [3.05, 3.63) is 5.92 Å². The Morgan fingerprint density at radius 3 is 1.72 bits per heavy atom. The van der Waals surface area contributed by atoms with E-state index in [4.69, 9.17) is 0 Å². The normalized spacial score (nSPS) is 16.7. The van der Waals surface area contributed by atoms with Gasteiger partial charge in [-0.05, 0) is 54.3 Å². The maximum Gasteiger partial charge on any atom is -0.0236 e. The lowest BCUT2D eigenvalue weighted by Gasteiger charge is -2.35. The first-order chi connectivity index (χ1) is 8.03. The number of hydrogen-bond acceptors (Lipinski definition) is 0. The van der Waals surface area contributed by atoms with Crippen LogP contribution in [0.5, 0.6) is 0 Å². The second-order valence-electron chi connectivity index (χ2n) is 8.42. The molecule has 0 rings (SSSR count). The van der Waals surface area contributed by atoms with Gasteiger partial charge in [-0.25, -0.2) is 0 Å². The second-order valence-corrected chi connectivity index (χ2v) is 8.42. The molecule has 0 nitrogen and oxygen atoms in total. The summed E-state index contributed by atoms with van der Waals surface area (Å²) < 4.78 is 0. The summed E-state index contributed by atoms with van der Waals surface area (Å²) in [5.74, 6) is 4.95. The Labute approximate surface area is 117 Å².